The zero-order chi connectivity index (χ0) is 20.4. The standard InChI is InChI=1S/C21H23N5O3/c1-2-26-20(28)16-7-6-15(11-17(16)24-21(26)29)19(27)23-13-14-5-8-18(22-12-14)25-9-3-4-10-25/h5-8,11-12H,2-4,9-10,13H2,1H3,(H,23,27)(H,24,29). The molecular weight excluding hydrogens is 370 g/mol. The van der Waals surface area contributed by atoms with Crippen molar-refractivity contribution in [2.24, 2.45) is 0 Å². The fourth-order valence-corrected chi connectivity index (χ4v) is 3.62. The number of anilines is 1. The van der Waals surface area contributed by atoms with Gasteiger partial charge in [0, 0.05) is 37.9 Å². The predicted molar refractivity (Wildman–Crippen MR) is 111 cm³/mol. The Morgan fingerprint density at radius 2 is 1.97 bits per heavy atom. The molecule has 1 fully saturated rings. The molecule has 8 heteroatoms. The van der Waals surface area contributed by atoms with Gasteiger partial charge in [0.1, 0.15) is 5.82 Å². The monoisotopic (exact) mass is 393 g/mol. The zero-order valence-electron chi connectivity index (χ0n) is 16.3. The zero-order valence-corrected chi connectivity index (χ0v) is 16.3. The number of aromatic nitrogens is 3. The van der Waals surface area contributed by atoms with Gasteiger partial charge in [-0.25, -0.2) is 9.78 Å². The van der Waals surface area contributed by atoms with E-state index >= 15 is 0 Å². The first-order valence-corrected chi connectivity index (χ1v) is 9.82. The van der Waals surface area contributed by atoms with Crippen LogP contribution in [0.2, 0.25) is 0 Å². The lowest BCUT2D eigenvalue weighted by Crippen LogP contribution is -2.34. The number of fused-ring (bicyclic) bond motifs is 1. The fraction of sp³-hybridized carbons (Fsp3) is 0.333. The molecule has 0 radical (unpaired) electrons. The third kappa shape index (κ3) is 3.78. The molecule has 1 aliphatic heterocycles. The molecular formula is C21H23N5O3. The van der Waals surface area contributed by atoms with Gasteiger partial charge in [-0.1, -0.05) is 6.07 Å². The molecule has 0 unspecified atom stereocenters. The van der Waals surface area contributed by atoms with Crippen LogP contribution >= 0.6 is 0 Å². The van der Waals surface area contributed by atoms with Crippen LogP contribution in [0, 0.1) is 0 Å². The summed E-state index contributed by atoms with van der Waals surface area (Å²) in [6.07, 6.45) is 4.17. The lowest BCUT2D eigenvalue weighted by Gasteiger charge is -2.16. The molecule has 29 heavy (non-hydrogen) atoms. The lowest BCUT2D eigenvalue weighted by molar-refractivity contribution is 0.0951. The Hall–Kier alpha value is -3.42. The topological polar surface area (TPSA) is 100 Å². The Morgan fingerprint density at radius 1 is 1.17 bits per heavy atom. The van der Waals surface area contributed by atoms with E-state index in [0.29, 0.717) is 23.0 Å². The highest BCUT2D eigenvalue weighted by Gasteiger charge is 2.14. The number of H-pyrrole nitrogens is 1. The summed E-state index contributed by atoms with van der Waals surface area (Å²) in [7, 11) is 0. The summed E-state index contributed by atoms with van der Waals surface area (Å²) in [6.45, 7) is 4.44. The SMILES string of the molecule is CCn1c(=O)[nH]c2cc(C(=O)NCc3ccc(N4CCCC4)nc3)ccc2c1=O. The summed E-state index contributed by atoms with van der Waals surface area (Å²) >= 11 is 0. The van der Waals surface area contributed by atoms with Gasteiger partial charge in [0.05, 0.1) is 10.9 Å². The van der Waals surface area contributed by atoms with Crippen LogP contribution < -0.4 is 21.5 Å². The molecule has 0 aliphatic carbocycles. The molecule has 1 aromatic carbocycles. The van der Waals surface area contributed by atoms with Crippen molar-refractivity contribution in [1.82, 2.24) is 19.9 Å². The molecule has 1 aliphatic rings. The highest BCUT2D eigenvalue weighted by molar-refractivity contribution is 5.97. The van der Waals surface area contributed by atoms with E-state index in [0.717, 1.165) is 29.0 Å². The van der Waals surface area contributed by atoms with E-state index in [1.165, 1.54) is 18.9 Å². The third-order valence-corrected chi connectivity index (χ3v) is 5.25. The molecule has 4 rings (SSSR count). The van der Waals surface area contributed by atoms with Crippen molar-refractivity contribution in [3.63, 3.8) is 0 Å². The highest BCUT2D eigenvalue weighted by atomic mass is 16.2. The van der Waals surface area contributed by atoms with Crippen molar-refractivity contribution in [2.45, 2.75) is 32.9 Å². The summed E-state index contributed by atoms with van der Waals surface area (Å²) in [6, 6.07) is 8.63. The van der Waals surface area contributed by atoms with Crippen molar-refractivity contribution in [3.8, 4) is 0 Å². The van der Waals surface area contributed by atoms with Gasteiger partial charge in [-0.2, -0.15) is 0 Å². The molecule has 2 aromatic heterocycles. The number of benzene rings is 1. The number of amides is 1. The van der Waals surface area contributed by atoms with Gasteiger partial charge in [-0.3, -0.25) is 14.2 Å². The molecule has 0 atom stereocenters. The summed E-state index contributed by atoms with van der Waals surface area (Å²) in [5.41, 5.74) is 0.799. The van der Waals surface area contributed by atoms with E-state index < -0.39 is 5.69 Å². The minimum Gasteiger partial charge on any atom is -0.357 e. The average Bonchev–Trinajstić information content (AvgIpc) is 3.27. The smallest absolute Gasteiger partial charge is 0.328 e. The van der Waals surface area contributed by atoms with Crippen molar-refractivity contribution in [1.29, 1.82) is 0 Å². The van der Waals surface area contributed by atoms with Crippen LogP contribution in [0.1, 0.15) is 35.7 Å². The second-order valence-electron chi connectivity index (χ2n) is 7.14. The van der Waals surface area contributed by atoms with Gasteiger partial charge < -0.3 is 15.2 Å². The van der Waals surface area contributed by atoms with E-state index in [-0.39, 0.29) is 18.0 Å². The molecule has 2 N–H and O–H groups in total. The van der Waals surface area contributed by atoms with E-state index in [1.54, 1.807) is 25.3 Å². The quantitative estimate of drug-likeness (QED) is 0.686. The number of aromatic amines is 1. The van der Waals surface area contributed by atoms with E-state index in [2.05, 4.69) is 20.2 Å². The molecule has 150 valence electrons. The molecule has 0 saturated carbocycles. The molecule has 1 saturated heterocycles. The Kier molecular flexibility index (Phi) is 5.16. The van der Waals surface area contributed by atoms with Gasteiger partial charge in [-0.15, -0.1) is 0 Å². The molecule has 0 bridgehead atoms. The van der Waals surface area contributed by atoms with Crippen LogP contribution in [0.15, 0.2) is 46.1 Å². The van der Waals surface area contributed by atoms with Crippen LogP contribution in [0.25, 0.3) is 10.9 Å². The van der Waals surface area contributed by atoms with Crippen LogP contribution in [0.3, 0.4) is 0 Å². The maximum absolute atomic E-state index is 12.5. The van der Waals surface area contributed by atoms with Crippen LogP contribution in [-0.2, 0) is 13.1 Å². The number of nitrogens with one attached hydrogen (secondary N) is 2. The van der Waals surface area contributed by atoms with Gasteiger partial charge >= 0.3 is 5.69 Å². The van der Waals surface area contributed by atoms with E-state index in [1.807, 2.05) is 12.1 Å². The van der Waals surface area contributed by atoms with Crippen molar-refractivity contribution >= 4 is 22.6 Å². The normalized spacial score (nSPS) is 13.8. The molecule has 0 spiro atoms. The number of nitrogens with zero attached hydrogens (tertiary/aromatic N) is 3. The van der Waals surface area contributed by atoms with Crippen molar-refractivity contribution in [2.75, 3.05) is 18.0 Å². The predicted octanol–water partition coefficient (Wildman–Crippen LogP) is 1.63. The first kappa shape index (κ1) is 18.9. The number of rotatable bonds is 5. The Morgan fingerprint density at radius 3 is 2.66 bits per heavy atom. The minimum atomic E-state index is -0.480. The fourth-order valence-electron chi connectivity index (χ4n) is 3.62. The molecule has 8 nitrogen and oxygen atoms in total. The largest absolute Gasteiger partial charge is 0.357 e. The summed E-state index contributed by atoms with van der Waals surface area (Å²) in [5, 5.41) is 3.23. The molecule has 3 heterocycles. The van der Waals surface area contributed by atoms with Crippen molar-refractivity contribution in [3.05, 3.63) is 68.5 Å². The highest BCUT2D eigenvalue weighted by Crippen LogP contribution is 2.17. The van der Waals surface area contributed by atoms with Crippen LogP contribution in [0.5, 0.6) is 0 Å². The number of carbonyl (C=O) groups is 1. The summed E-state index contributed by atoms with van der Waals surface area (Å²) in [5.74, 6) is 0.685. The molecule has 1 amide bonds. The van der Waals surface area contributed by atoms with Gasteiger partial charge in [0.2, 0.25) is 0 Å². The second-order valence-corrected chi connectivity index (χ2v) is 7.14. The van der Waals surface area contributed by atoms with E-state index in [4.69, 9.17) is 0 Å². The maximum atomic E-state index is 12.5. The van der Waals surface area contributed by atoms with Gasteiger partial charge in [0.25, 0.3) is 11.5 Å². The van der Waals surface area contributed by atoms with Crippen molar-refractivity contribution < 1.29 is 4.79 Å². The summed E-state index contributed by atoms with van der Waals surface area (Å²) in [4.78, 5) is 46.2. The Balaban J connectivity index is 1.47. The summed E-state index contributed by atoms with van der Waals surface area (Å²) < 4.78 is 1.13. The number of pyridine rings is 1. The molecule has 3 aromatic rings. The number of carbonyl (C=O) groups excluding carboxylic acids is 1. The van der Waals surface area contributed by atoms with Crippen LogP contribution in [-0.4, -0.2) is 33.5 Å². The maximum Gasteiger partial charge on any atom is 0.328 e. The number of hydrogen-bond acceptors (Lipinski definition) is 5. The first-order chi connectivity index (χ1) is 14.1. The minimum absolute atomic E-state index is 0.281. The Bertz CT molecular complexity index is 1160. The van der Waals surface area contributed by atoms with Gasteiger partial charge in [0.15, 0.2) is 0 Å². The second kappa shape index (κ2) is 7.90. The van der Waals surface area contributed by atoms with Gasteiger partial charge in [-0.05, 0) is 49.6 Å². The lowest BCUT2D eigenvalue weighted by atomic mass is 10.1. The first-order valence-electron chi connectivity index (χ1n) is 9.82. The Labute approximate surface area is 167 Å². The van der Waals surface area contributed by atoms with Crippen LogP contribution in [0.4, 0.5) is 5.82 Å². The third-order valence-electron chi connectivity index (χ3n) is 5.25. The number of hydrogen-bond donors (Lipinski definition) is 2. The van der Waals surface area contributed by atoms with E-state index in [9.17, 15) is 14.4 Å². The average molecular weight is 393 g/mol.